The van der Waals surface area contributed by atoms with Crippen molar-refractivity contribution >= 4 is 17.5 Å². The van der Waals surface area contributed by atoms with Crippen molar-refractivity contribution in [2.75, 3.05) is 18.6 Å². The van der Waals surface area contributed by atoms with Crippen LogP contribution in [-0.2, 0) is 9.59 Å². The van der Waals surface area contributed by atoms with Crippen LogP contribution in [0.3, 0.4) is 0 Å². The summed E-state index contributed by atoms with van der Waals surface area (Å²) in [6.45, 7) is 2.35. The van der Waals surface area contributed by atoms with Crippen LogP contribution in [0, 0.1) is 5.92 Å². The Labute approximate surface area is 147 Å². The lowest BCUT2D eigenvalue weighted by Gasteiger charge is -2.19. The summed E-state index contributed by atoms with van der Waals surface area (Å²) in [6.07, 6.45) is 0.235. The molecule has 130 valence electrons. The van der Waals surface area contributed by atoms with Gasteiger partial charge in [0.2, 0.25) is 11.8 Å². The van der Waals surface area contributed by atoms with Crippen molar-refractivity contribution in [2.45, 2.75) is 19.4 Å². The Kier molecular flexibility index (Phi) is 5.03. The van der Waals surface area contributed by atoms with Gasteiger partial charge in [-0.1, -0.05) is 30.3 Å². The van der Waals surface area contributed by atoms with Gasteiger partial charge >= 0.3 is 0 Å². The maximum Gasteiger partial charge on any atom is 0.227 e. The van der Waals surface area contributed by atoms with Gasteiger partial charge < -0.3 is 15.0 Å². The van der Waals surface area contributed by atoms with Gasteiger partial charge in [-0.25, -0.2) is 0 Å². The predicted octanol–water partition coefficient (Wildman–Crippen LogP) is 2.93. The molecule has 0 unspecified atom stereocenters. The van der Waals surface area contributed by atoms with Crippen molar-refractivity contribution in [3.8, 4) is 5.75 Å². The van der Waals surface area contributed by atoms with Crippen molar-refractivity contribution in [3.05, 3.63) is 60.2 Å². The van der Waals surface area contributed by atoms with Crippen molar-refractivity contribution in [3.63, 3.8) is 0 Å². The highest BCUT2D eigenvalue weighted by Crippen LogP contribution is 2.27. The van der Waals surface area contributed by atoms with E-state index in [1.54, 1.807) is 12.0 Å². The predicted molar refractivity (Wildman–Crippen MR) is 96.5 cm³/mol. The third-order valence-corrected chi connectivity index (χ3v) is 4.54. The summed E-state index contributed by atoms with van der Waals surface area (Å²) < 4.78 is 5.14. The van der Waals surface area contributed by atoms with Crippen LogP contribution in [0.4, 0.5) is 5.69 Å². The molecule has 1 heterocycles. The molecule has 5 nitrogen and oxygen atoms in total. The third kappa shape index (κ3) is 3.82. The smallest absolute Gasteiger partial charge is 0.227 e. The molecule has 1 aliphatic heterocycles. The van der Waals surface area contributed by atoms with Gasteiger partial charge in [0.25, 0.3) is 0 Å². The standard InChI is InChI=1S/C20H22N2O3/c1-14(15-6-4-3-5-7-15)21-20(24)16-12-19(23)22(13-16)17-8-10-18(25-2)11-9-17/h3-11,14,16H,12-13H2,1-2H3,(H,21,24)/t14-,16+/m1/s1. The van der Waals surface area contributed by atoms with Crippen LogP contribution in [0.25, 0.3) is 0 Å². The van der Waals surface area contributed by atoms with Crippen LogP contribution in [0.5, 0.6) is 5.75 Å². The number of methoxy groups -OCH3 is 1. The number of ether oxygens (including phenoxy) is 1. The SMILES string of the molecule is COc1ccc(N2C[C@@H](C(=O)N[C@H](C)c3ccccc3)CC2=O)cc1. The second-order valence-corrected chi connectivity index (χ2v) is 6.24. The molecule has 0 spiro atoms. The fourth-order valence-electron chi connectivity index (χ4n) is 3.05. The molecule has 3 rings (SSSR count). The van der Waals surface area contributed by atoms with Gasteiger partial charge in [0.1, 0.15) is 5.75 Å². The summed E-state index contributed by atoms with van der Waals surface area (Å²) >= 11 is 0. The van der Waals surface area contributed by atoms with Crippen LogP contribution >= 0.6 is 0 Å². The van der Waals surface area contributed by atoms with E-state index < -0.39 is 0 Å². The number of benzene rings is 2. The summed E-state index contributed by atoms with van der Waals surface area (Å²) in [5, 5.41) is 3.01. The van der Waals surface area contributed by atoms with Crippen molar-refractivity contribution in [1.82, 2.24) is 5.32 Å². The second kappa shape index (κ2) is 7.38. The highest BCUT2D eigenvalue weighted by atomic mass is 16.5. The molecule has 5 heteroatoms. The number of nitrogens with one attached hydrogen (secondary N) is 1. The molecule has 1 saturated heterocycles. The molecular formula is C20H22N2O3. The number of carbonyl (C=O) groups is 2. The molecule has 2 atom stereocenters. The maximum absolute atomic E-state index is 12.5. The Bertz CT molecular complexity index is 743. The number of carbonyl (C=O) groups excluding carboxylic acids is 2. The summed E-state index contributed by atoms with van der Waals surface area (Å²) in [5.74, 6) is 0.292. The summed E-state index contributed by atoms with van der Waals surface area (Å²) in [7, 11) is 1.60. The van der Waals surface area contributed by atoms with Gasteiger partial charge in [0.15, 0.2) is 0 Å². The largest absolute Gasteiger partial charge is 0.497 e. The van der Waals surface area contributed by atoms with Crippen LogP contribution < -0.4 is 15.0 Å². The molecule has 2 amide bonds. The zero-order valence-electron chi connectivity index (χ0n) is 14.4. The van der Waals surface area contributed by atoms with Crippen molar-refractivity contribution in [1.29, 1.82) is 0 Å². The Morgan fingerprint density at radius 2 is 1.84 bits per heavy atom. The third-order valence-electron chi connectivity index (χ3n) is 4.54. The topological polar surface area (TPSA) is 58.6 Å². The molecule has 2 aromatic rings. The van der Waals surface area contributed by atoms with Gasteiger partial charge in [-0.05, 0) is 36.8 Å². The first kappa shape index (κ1) is 17.0. The van der Waals surface area contributed by atoms with Crippen LogP contribution in [0.15, 0.2) is 54.6 Å². The first-order chi connectivity index (χ1) is 12.1. The van der Waals surface area contributed by atoms with E-state index in [4.69, 9.17) is 4.74 Å². The van der Waals surface area contributed by atoms with Crippen LogP contribution in [0.1, 0.15) is 24.9 Å². The molecule has 0 aromatic heterocycles. The Balaban J connectivity index is 1.64. The van der Waals surface area contributed by atoms with Gasteiger partial charge in [-0.15, -0.1) is 0 Å². The monoisotopic (exact) mass is 338 g/mol. The molecule has 0 radical (unpaired) electrons. The summed E-state index contributed by atoms with van der Waals surface area (Å²) in [5.41, 5.74) is 1.84. The fraction of sp³-hybridized carbons (Fsp3) is 0.300. The molecule has 1 aliphatic rings. The molecule has 1 N–H and O–H groups in total. The first-order valence-corrected chi connectivity index (χ1v) is 8.38. The van der Waals surface area contributed by atoms with Crippen molar-refractivity contribution < 1.29 is 14.3 Å². The van der Waals surface area contributed by atoms with Gasteiger partial charge in [-0.2, -0.15) is 0 Å². The van der Waals surface area contributed by atoms with Crippen molar-refractivity contribution in [2.24, 2.45) is 5.92 Å². The minimum Gasteiger partial charge on any atom is -0.497 e. The number of nitrogens with zero attached hydrogens (tertiary/aromatic N) is 1. The average Bonchev–Trinajstić information content (AvgIpc) is 3.04. The number of hydrogen-bond acceptors (Lipinski definition) is 3. The maximum atomic E-state index is 12.5. The lowest BCUT2D eigenvalue weighted by Crippen LogP contribution is -2.34. The molecule has 0 aliphatic carbocycles. The molecule has 25 heavy (non-hydrogen) atoms. The zero-order chi connectivity index (χ0) is 17.8. The molecule has 2 aromatic carbocycles. The van der Waals surface area contributed by atoms with Gasteiger partial charge in [0, 0.05) is 18.7 Å². The Hall–Kier alpha value is -2.82. The van der Waals surface area contributed by atoms with Gasteiger partial charge in [0.05, 0.1) is 19.1 Å². The quantitative estimate of drug-likeness (QED) is 0.912. The van der Waals surface area contributed by atoms with E-state index in [1.807, 2.05) is 61.5 Å². The summed E-state index contributed by atoms with van der Waals surface area (Å²) in [6, 6.07) is 17.0. The average molecular weight is 338 g/mol. The minimum atomic E-state index is -0.333. The van der Waals surface area contributed by atoms with E-state index in [-0.39, 0.29) is 30.2 Å². The molecule has 0 bridgehead atoms. The van der Waals surface area contributed by atoms with Gasteiger partial charge in [-0.3, -0.25) is 9.59 Å². The number of anilines is 1. The number of hydrogen-bond donors (Lipinski definition) is 1. The summed E-state index contributed by atoms with van der Waals surface area (Å²) in [4.78, 5) is 26.5. The van der Waals surface area contributed by atoms with E-state index in [2.05, 4.69) is 5.32 Å². The van der Waals surface area contributed by atoms with E-state index in [0.717, 1.165) is 17.0 Å². The Morgan fingerprint density at radius 1 is 1.16 bits per heavy atom. The van der Waals surface area contributed by atoms with E-state index in [1.165, 1.54) is 0 Å². The lowest BCUT2D eigenvalue weighted by atomic mass is 10.1. The molecule has 1 fully saturated rings. The van der Waals surface area contributed by atoms with E-state index in [9.17, 15) is 9.59 Å². The van der Waals surface area contributed by atoms with E-state index >= 15 is 0 Å². The fourth-order valence-corrected chi connectivity index (χ4v) is 3.05. The van der Waals surface area contributed by atoms with Crippen LogP contribution in [-0.4, -0.2) is 25.5 Å². The molecular weight excluding hydrogens is 316 g/mol. The number of rotatable bonds is 5. The first-order valence-electron chi connectivity index (χ1n) is 8.38. The Morgan fingerprint density at radius 3 is 2.48 bits per heavy atom. The second-order valence-electron chi connectivity index (χ2n) is 6.24. The number of amides is 2. The molecule has 0 saturated carbocycles. The van der Waals surface area contributed by atoms with E-state index in [0.29, 0.717) is 6.54 Å². The minimum absolute atomic E-state index is 0.0299. The van der Waals surface area contributed by atoms with Crippen LogP contribution in [0.2, 0.25) is 0 Å². The normalized spacial score (nSPS) is 18.1. The highest BCUT2D eigenvalue weighted by molar-refractivity contribution is 6.00. The highest BCUT2D eigenvalue weighted by Gasteiger charge is 2.35. The zero-order valence-corrected chi connectivity index (χ0v) is 14.4. The lowest BCUT2D eigenvalue weighted by molar-refractivity contribution is -0.126.